The number of hydrogen-bond acceptors (Lipinski definition) is 4. The normalized spacial score (nSPS) is 21.1. The number of nitrogens with zero attached hydrogens (tertiary/aromatic N) is 1. The van der Waals surface area contributed by atoms with Crippen LogP contribution < -0.4 is 11.1 Å². The fourth-order valence-corrected chi connectivity index (χ4v) is 2.47. The molecule has 18 heavy (non-hydrogen) atoms. The largest absolute Gasteiger partial charge is 0.383 e. The van der Waals surface area contributed by atoms with Crippen molar-refractivity contribution >= 4 is 5.82 Å². The van der Waals surface area contributed by atoms with Crippen LogP contribution in [-0.4, -0.2) is 30.8 Å². The fraction of sp³-hybridized carbons (Fsp3) is 0.643. The zero-order valence-corrected chi connectivity index (χ0v) is 11.1. The molecule has 2 atom stereocenters. The quantitative estimate of drug-likeness (QED) is 0.804. The lowest BCUT2D eigenvalue weighted by atomic mass is 9.93. The second-order valence-corrected chi connectivity index (χ2v) is 4.94. The monoisotopic (exact) mass is 249 g/mol. The molecule has 1 aromatic heterocycles. The average Bonchev–Trinajstić information content (AvgIpc) is 2.90. The van der Waals surface area contributed by atoms with Gasteiger partial charge >= 0.3 is 0 Å². The molecular formula is C14H23N3O. The molecule has 0 radical (unpaired) electrons. The average molecular weight is 249 g/mol. The summed E-state index contributed by atoms with van der Waals surface area (Å²) in [6.45, 7) is 4.98. The number of aromatic nitrogens is 1. The van der Waals surface area contributed by atoms with Gasteiger partial charge in [0.15, 0.2) is 0 Å². The van der Waals surface area contributed by atoms with E-state index in [0.717, 1.165) is 44.6 Å². The molecule has 1 aliphatic heterocycles. The third-order valence-corrected chi connectivity index (χ3v) is 3.56. The van der Waals surface area contributed by atoms with Gasteiger partial charge in [-0.1, -0.05) is 13.0 Å². The summed E-state index contributed by atoms with van der Waals surface area (Å²) in [5.74, 6) is 1.25. The van der Waals surface area contributed by atoms with Crippen LogP contribution in [0.5, 0.6) is 0 Å². The first kappa shape index (κ1) is 13.3. The number of pyridine rings is 1. The van der Waals surface area contributed by atoms with Crippen molar-refractivity contribution in [2.24, 2.45) is 5.92 Å². The second-order valence-electron chi connectivity index (χ2n) is 4.94. The number of anilines is 1. The molecule has 0 spiro atoms. The molecule has 2 heterocycles. The van der Waals surface area contributed by atoms with Gasteiger partial charge in [0.2, 0.25) is 0 Å². The van der Waals surface area contributed by atoms with Crippen LogP contribution in [0.3, 0.4) is 0 Å². The molecular weight excluding hydrogens is 226 g/mol. The van der Waals surface area contributed by atoms with Crippen LogP contribution in [-0.2, 0) is 11.2 Å². The van der Waals surface area contributed by atoms with Gasteiger partial charge in [0, 0.05) is 24.8 Å². The lowest BCUT2D eigenvalue weighted by molar-refractivity contribution is 0.176. The first-order valence-corrected chi connectivity index (χ1v) is 6.81. The Morgan fingerprint density at radius 1 is 1.61 bits per heavy atom. The van der Waals surface area contributed by atoms with E-state index in [0.29, 0.717) is 17.8 Å². The van der Waals surface area contributed by atoms with Crippen LogP contribution in [0, 0.1) is 5.92 Å². The van der Waals surface area contributed by atoms with E-state index in [9.17, 15) is 0 Å². The molecule has 3 N–H and O–H groups in total. The van der Waals surface area contributed by atoms with Crippen molar-refractivity contribution in [2.45, 2.75) is 32.2 Å². The lowest BCUT2D eigenvalue weighted by Crippen LogP contribution is -2.39. The van der Waals surface area contributed by atoms with Crippen molar-refractivity contribution in [3.8, 4) is 0 Å². The number of rotatable bonds is 6. The van der Waals surface area contributed by atoms with E-state index in [1.54, 1.807) is 6.20 Å². The summed E-state index contributed by atoms with van der Waals surface area (Å²) in [6.07, 6.45) is 4.97. The minimum absolute atomic E-state index is 0.443. The van der Waals surface area contributed by atoms with Crippen LogP contribution in [0.2, 0.25) is 0 Å². The molecule has 100 valence electrons. The summed E-state index contributed by atoms with van der Waals surface area (Å²) >= 11 is 0. The maximum atomic E-state index is 5.93. The molecule has 1 saturated heterocycles. The third-order valence-electron chi connectivity index (χ3n) is 3.56. The Balaban J connectivity index is 2.02. The zero-order chi connectivity index (χ0) is 12.8. The van der Waals surface area contributed by atoms with E-state index in [1.165, 1.54) is 0 Å². The molecule has 0 saturated carbocycles. The Morgan fingerprint density at radius 2 is 2.50 bits per heavy atom. The maximum Gasteiger partial charge on any atom is 0.126 e. The number of nitrogen functional groups attached to an aromatic ring is 1. The van der Waals surface area contributed by atoms with E-state index in [-0.39, 0.29) is 0 Å². The minimum Gasteiger partial charge on any atom is -0.383 e. The molecule has 2 unspecified atom stereocenters. The van der Waals surface area contributed by atoms with Crippen molar-refractivity contribution in [1.82, 2.24) is 10.3 Å². The van der Waals surface area contributed by atoms with E-state index in [2.05, 4.69) is 23.3 Å². The van der Waals surface area contributed by atoms with Crippen LogP contribution in [0.15, 0.2) is 18.3 Å². The zero-order valence-electron chi connectivity index (χ0n) is 11.1. The molecule has 2 rings (SSSR count). The molecule has 0 bridgehead atoms. The van der Waals surface area contributed by atoms with Crippen molar-refractivity contribution in [3.05, 3.63) is 23.9 Å². The highest BCUT2D eigenvalue weighted by Gasteiger charge is 2.25. The molecule has 1 aromatic rings. The number of ether oxygens (including phenoxy) is 1. The highest BCUT2D eigenvalue weighted by Crippen LogP contribution is 2.21. The van der Waals surface area contributed by atoms with Crippen LogP contribution in [0.1, 0.15) is 25.3 Å². The number of nitrogens with one attached hydrogen (secondary N) is 1. The summed E-state index contributed by atoms with van der Waals surface area (Å²) in [7, 11) is 0. The first-order valence-electron chi connectivity index (χ1n) is 6.81. The van der Waals surface area contributed by atoms with Gasteiger partial charge in [0.25, 0.3) is 0 Å². The molecule has 0 aromatic carbocycles. The Morgan fingerprint density at radius 3 is 3.17 bits per heavy atom. The van der Waals surface area contributed by atoms with E-state index >= 15 is 0 Å². The number of hydrogen-bond donors (Lipinski definition) is 2. The molecule has 4 nitrogen and oxygen atoms in total. The van der Waals surface area contributed by atoms with Crippen molar-refractivity contribution < 1.29 is 4.74 Å². The van der Waals surface area contributed by atoms with Gasteiger partial charge in [-0.05, 0) is 37.4 Å². The van der Waals surface area contributed by atoms with Gasteiger partial charge < -0.3 is 15.8 Å². The highest BCUT2D eigenvalue weighted by atomic mass is 16.5. The van der Waals surface area contributed by atoms with Crippen molar-refractivity contribution in [1.29, 1.82) is 0 Å². The SMILES string of the molecule is CCCNC(Cc1cccnc1N)C1CCOC1. The number of nitrogens with two attached hydrogens (primary N) is 1. The van der Waals surface area contributed by atoms with E-state index in [4.69, 9.17) is 10.5 Å². The van der Waals surface area contributed by atoms with Crippen molar-refractivity contribution in [3.63, 3.8) is 0 Å². The van der Waals surface area contributed by atoms with Crippen LogP contribution in [0.4, 0.5) is 5.82 Å². The third kappa shape index (κ3) is 3.43. The first-order chi connectivity index (χ1) is 8.81. The van der Waals surface area contributed by atoms with Gasteiger partial charge in [-0.25, -0.2) is 4.98 Å². The summed E-state index contributed by atoms with van der Waals surface area (Å²) in [6, 6.07) is 4.46. The predicted molar refractivity (Wildman–Crippen MR) is 73.4 cm³/mol. The van der Waals surface area contributed by atoms with E-state index in [1.807, 2.05) is 6.07 Å². The smallest absolute Gasteiger partial charge is 0.126 e. The molecule has 1 fully saturated rings. The van der Waals surface area contributed by atoms with Crippen LogP contribution >= 0.6 is 0 Å². The summed E-state index contributed by atoms with van der Waals surface area (Å²) in [4.78, 5) is 4.16. The summed E-state index contributed by atoms with van der Waals surface area (Å²) < 4.78 is 5.50. The topological polar surface area (TPSA) is 60.2 Å². The van der Waals surface area contributed by atoms with Gasteiger partial charge in [-0.3, -0.25) is 0 Å². The molecule has 1 aliphatic rings. The molecule has 0 aliphatic carbocycles. The van der Waals surface area contributed by atoms with Gasteiger partial charge in [-0.15, -0.1) is 0 Å². The van der Waals surface area contributed by atoms with Gasteiger partial charge in [-0.2, -0.15) is 0 Å². The highest BCUT2D eigenvalue weighted by molar-refractivity contribution is 5.39. The van der Waals surface area contributed by atoms with Crippen molar-refractivity contribution in [2.75, 3.05) is 25.5 Å². The standard InChI is InChI=1S/C14H23N3O/c1-2-6-16-13(12-5-8-18-10-12)9-11-4-3-7-17-14(11)15/h3-4,7,12-13,16H,2,5-6,8-10H2,1H3,(H2,15,17). The minimum atomic E-state index is 0.443. The Bertz CT molecular complexity index is 364. The Labute approximate surface area is 109 Å². The maximum absolute atomic E-state index is 5.93. The summed E-state index contributed by atoms with van der Waals surface area (Å²) in [5.41, 5.74) is 7.06. The Kier molecular flexibility index (Phi) is 4.96. The lowest BCUT2D eigenvalue weighted by Gasteiger charge is -2.24. The fourth-order valence-electron chi connectivity index (χ4n) is 2.47. The van der Waals surface area contributed by atoms with E-state index < -0.39 is 0 Å². The second kappa shape index (κ2) is 6.71. The van der Waals surface area contributed by atoms with Crippen LogP contribution in [0.25, 0.3) is 0 Å². The Hall–Kier alpha value is -1.13. The molecule has 4 heteroatoms. The molecule has 0 amide bonds. The predicted octanol–water partition coefficient (Wildman–Crippen LogP) is 1.61. The summed E-state index contributed by atoms with van der Waals surface area (Å²) in [5, 5.41) is 3.62. The van der Waals surface area contributed by atoms with Gasteiger partial charge in [0.1, 0.15) is 5.82 Å². The van der Waals surface area contributed by atoms with Gasteiger partial charge in [0.05, 0.1) is 6.61 Å².